The van der Waals surface area contributed by atoms with Crippen molar-refractivity contribution < 1.29 is 9.59 Å². The number of likely N-dealkylation sites (tertiary alicyclic amines) is 1. The van der Waals surface area contributed by atoms with E-state index in [1.807, 2.05) is 18.2 Å². The maximum absolute atomic E-state index is 12.5. The number of hydrogen-bond donors (Lipinski definition) is 3. The van der Waals surface area contributed by atoms with Crippen molar-refractivity contribution >= 4 is 23.3 Å². The predicted octanol–water partition coefficient (Wildman–Crippen LogP) is 1.45. The molecule has 2 aliphatic heterocycles. The molecule has 0 aliphatic carbocycles. The number of aromatic nitrogens is 1. The van der Waals surface area contributed by atoms with E-state index in [1.54, 1.807) is 6.07 Å². The lowest BCUT2D eigenvalue weighted by Crippen LogP contribution is -2.37. The molecule has 1 saturated heterocycles. The number of nitrogens with one attached hydrogen (secondary N) is 3. The van der Waals surface area contributed by atoms with Crippen LogP contribution in [0.15, 0.2) is 42.6 Å². The zero-order valence-corrected chi connectivity index (χ0v) is 14.4. The molecule has 26 heavy (non-hydrogen) atoms. The average Bonchev–Trinajstić information content (AvgIpc) is 3.08. The summed E-state index contributed by atoms with van der Waals surface area (Å²) in [5, 5.41) is 8.73. The van der Waals surface area contributed by atoms with Crippen LogP contribution in [-0.2, 0) is 11.3 Å². The van der Waals surface area contributed by atoms with Crippen molar-refractivity contribution in [2.24, 2.45) is 0 Å². The molecule has 0 spiro atoms. The summed E-state index contributed by atoms with van der Waals surface area (Å²) in [6.45, 7) is 2.88. The Bertz CT molecular complexity index is 824. The van der Waals surface area contributed by atoms with E-state index in [2.05, 4.69) is 38.0 Å². The molecule has 2 aliphatic rings. The molecule has 1 atom stereocenters. The standard InChI is InChI=1S/C19H21N5O2/c25-17-10-21-18-16(23-17)8-14(9-20-18)19(26)22-15-6-7-24(12-15)11-13-4-2-1-3-5-13/h1-5,8-9,15H,6-7,10-12H2,(H,20,21)(H,22,26)(H,23,25)/t15-/m0/s1. The number of rotatable bonds is 4. The molecular formula is C19H21N5O2. The van der Waals surface area contributed by atoms with Crippen LogP contribution in [0.1, 0.15) is 22.3 Å². The zero-order valence-electron chi connectivity index (χ0n) is 14.4. The van der Waals surface area contributed by atoms with E-state index in [1.165, 1.54) is 11.8 Å². The van der Waals surface area contributed by atoms with E-state index in [0.717, 1.165) is 26.1 Å². The molecule has 1 fully saturated rings. The first-order chi connectivity index (χ1) is 12.7. The minimum atomic E-state index is -0.160. The van der Waals surface area contributed by atoms with Crippen molar-refractivity contribution in [2.75, 3.05) is 30.3 Å². The fraction of sp³-hybridized carbons (Fsp3) is 0.316. The van der Waals surface area contributed by atoms with E-state index in [9.17, 15) is 9.59 Å². The van der Waals surface area contributed by atoms with Gasteiger partial charge in [0.25, 0.3) is 5.91 Å². The van der Waals surface area contributed by atoms with Crippen LogP contribution in [0.5, 0.6) is 0 Å². The minimum absolute atomic E-state index is 0.120. The Labute approximate surface area is 151 Å². The average molecular weight is 351 g/mol. The second-order valence-electron chi connectivity index (χ2n) is 6.70. The van der Waals surface area contributed by atoms with Gasteiger partial charge in [0.2, 0.25) is 5.91 Å². The van der Waals surface area contributed by atoms with Gasteiger partial charge in [-0.2, -0.15) is 0 Å². The van der Waals surface area contributed by atoms with Crippen LogP contribution in [0.4, 0.5) is 11.5 Å². The molecule has 1 aromatic heterocycles. The number of carbonyl (C=O) groups is 2. The van der Waals surface area contributed by atoms with Gasteiger partial charge in [0, 0.05) is 31.9 Å². The van der Waals surface area contributed by atoms with Gasteiger partial charge >= 0.3 is 0 Å². The highest BCUT2D eigenvalue weighted by Crippen LogP contribution is 2.23. The van der Waals surface area contributed by atoms with Gasteiger partial charge in [-0.15, -0.1) is 0 Å². The third-order valence-electron chi connectivity index (χ3n) is 4.70. The highest BCUT2D eigenvalue weighted by atomic mass is 16.2. The quantitative estimate of drug-likeness (QED) is 0.776. The summed E-state index contributed by atoms with van der Waals surface area (Å²) in [5.74, 6) is 0.298. The van der Waals surface area contributed by atoms with Crippen molar-refractivity contribution in [3.63, 3.8) is 0 Å². The smallest absolute Gasteiger partial charge is 0.253 e. The second-order valence-corrected chi connectivity index (χ2v) is 6.70. The summed E-state index contributed by atoms with van der Waals surface area (Å²) in [6.07, 6.45) is 2.46. The molecule has 134 valence electrons. The van der Waals surface area contributed by atoms with Crippen molar-refractivity contribution in [3.8, 4) is 0 Å². The molecule has 7 nitrogen and oxygen atoms in total. The molecule has 2 aromatic rings. The summed E-state index contributed by atoms with van der Waals surface area (Å²) >= 11 is 0. The molecule has 0 radical (unpaired) electrons. The van der Waals surface area contributed by atoms with Gasteiger partial charge in [0.15, 0.2) is 0 Å². The lowest BCUT2D eigenvalue weighted by Gasteiger charge is -2.19. The number of fused-ring (bicyclic) bond motifs is 1. The fourth-order valence-corrected chi connectivity index (χ4v) is 3.39. The third kappa shape index (κ3) is 3.67. The third-order valence-corrected chi connectivity index (χ3v) is 4.70. The van der Waals surface area contributed by atoms with Gasteiger partial charge in [-0.1, -0.05) is 30.3 Å². The Morgan fingerprint density at radius 3 is 3.00 bits per heavy atom. The molecule has 4 rings (SSSR count). The van der Waals surface area contributed by atoms with Gasteiger partial charge in [-0.25, -0.2) is 4.98 Å². The summed E-state index contributed by atoms with van der Waals surface area (Å²) < 4.78 is 0. The van der Waals surface area contributed by atoms with Crippen molar-refractivity contribution in [2.45, 2.75) is 19.0 Å². The van der Waals surface area contributed by atoms with Crippen LogP contribution in [0.3, 0.4) is 0 Å². The Kier molecular flexibility index (Phi) is 4.53. The highest BCUT2D eigenvalue weighted by Gasteiger charge is 2.25. The molecule has 3 N–H and O–H groups in total. The number of benzene rings is 1. The van der Waals surface area contributed by atoms with Crippen LogP contribution < -0.4 is 16.0 Å². The van der Waals surface area contributed by atoms with Crippen molar-refractivity contribution in [3.05, 3.63) is 53.7 Å². The first-order valence-corrected chi connectivity index (χ1v) is 8.78. The van der Waals surface area contributed by atoms with E-state index < -0.39 is 0 Å². The molecule has 3 heterocycles. The predicted molar refractivity (Wildman–Crippen MR) is 98.9 cm³/mol. The second kappa shape index (κ2) is 7.13. The van der Waals surface area contributed by atoms with Crippen LogP contribution >= 0.6 is 0 Å². The molecule has 0 unspecified atom stereocenters. The van der Waals surface area contributed by atoms with Gasteiger partial charge < -0.3 is 16.0 Å². The Hall–Kier alpha value is -2.93. The molecular weight excluding hydrogens is 330 g/mol. The van der Waals surface area contributed by atoms with Crippen molar-refractivity contribution in [1.82, 2.24) is 15.2 Å². The molecule has 0 saturated carbocycles. The van der Waals surface area contributed by atoms with Gasteiger partial charge in [0.1, 0.15) is 5.82 Å². The fourth-order valence-electron chi connectivity index (χ4n) is 3.39. The van der Waals surface area contributed by atoms with Gasteiger partial charge in [-0.05, 0) is 18.1 Å². The van der Waals surface area contributed by atoms with E-state index >= 15 is 0 Å². The summed E-state index contributed by atoms with van der Waals surface area (Å²) in [6, 6.07) is 12.1. The lowest BCUT2D eigenvalue weighted by atomic mass is 10.2. The summed E-state index contributed by atoms with van der Waals surface area (Å²) in [7, 11) is 0. The maximum atomic E-state index is 12.5. The molecule has 2 amide bonds. The number of carbonyl (C=O) groups excluding carboxylic acids is 2. The largest absolute Gasteiger partial charge is 0.359 e. The van der Waals surface area contributed by atoms with Crippen LogP contribution in [-0.4, -0.2) is 47.4 Å². The Balaban J connectivity index is 1.35. The van der Waals surface area contributed by atoms with Crippen molar-refractivity contribution in [1.29, 1.82) is 0 Å². The molecule has 1 aromatic carbocycles. The SMILES string of the molecule is O=C1CNc2ncc(C(=O)N[C@H]3CCN(Cc4ccccc4)C3)cc2N1. The Morgan fingerprint density at radius 1 is 1.31 bits per heavy atom. The monoisotopic (exact) mass is 351 g/mol. The van der Waals surface area contributed by atoms with E-state index in [0.29, 0.717) is 17.1 Å². The molecule has 7 heteroatoms. The lowest BCUT2D eigenvalue weighted by molar-refractivity contribution is -0.114. The van der Waals surface area contributed by atoms with Gasteiger partial charge in [-0.3, -0.25) is 14.5 Å². The van der Waals surface area contributed by atoms with Gasteiger partial charge in [0.05, 0.1) is 17.8 Å². The number of pyridine rings is 1. The van der Waals surface area contributed by atoms with E-state index in [4.69, 9.17) is 0 Å². The molecule has 0 bridgehead atoms. The topological polar surface area (TPSA) is 86.4 Å². The normalized spacial score (nSPS) is 19.4. The number of nitrogens with zero attached hydrogens (tertiary/aromatic N) is 2. The summed E-state index contributed by atoms with van der Waals surface area (Å²) in [4.78, 5) is 30.6. The summed E-state index contributed by atoms with van der Waals surface area (Å²) in [5.41, 5.74) is 2.28. The first kappa shape index (κ1) is 16.5. The minimum Gasteiger partial charge on any atom is -0.359 e. The zero-order chi connectivity index (χ0) is 17.9. The highest BCUT2D eigenvalue weighted by molar-refractivity contribution is 6.02. The van der Waals surface area contributed by atoms with Crippen LogP contribution in [0, 0.1) is 0 Å². The first-order valence-electron chi connectivity index (χ1n) is 8.78. The number of hydrogen-bond acceptors (Lipinski definition) is 5. The van der Waals surface area contributed by atoms with Crippen LogP contribution in [0.25, 0.3) is 0 Å². The van der Waals surface area contributed by atoms with E-state index in [-0.39, 0.29) is 24.4 Å². The maximum Gasteiger partial charge on any atom is 0.253 e. The number of amides is 2. The Morgan fingerprint density at radius 2 is 2.15 bits per heavy atom. The number of anilines is 2. The van der Waals surface area contributed by atoms with Crippen LogP contribution in [0.2, 0.25) is 0 Å².